The number of pyridine rings is 1. The molecule has 0 bridgehead atoms. The van der Waals surface area contributed by atoms with E-state index in [1.165, 1.54) is 50.4 Å². The summed E-state index contributed by atoms with van der Waals surface area (Å²) in [4.78, 5) is 29.3. The molecule has 2 aliphatic rings. The van der Waals surface area contributed by atoms with E-state index in [4.69, 9.17) is 19.9 Å². The molecule has 2 amide bonds. The second-order valence-electron chi connectivity index (χ2n) is 10.7. The summed E-state index contributed by atoms with van der Waals surface area (Å²) in [6.45, 7) is -0.303. The number of rotatable bonds is 8. The third-order valence-electron chi connectivity index (χ3n) is 7.41. The number of halogens is 4. The second-order valence-corrected chi connectivity index (χ2v) is 10.7. The molecule has 1 aliphatic carbocycles. The van der Waals surface area contributed by atoms with Gasteiger partial charge in [0.15, 0.2) is 22.9 Å². The van der Waals surface area contributed by atoms with Gasteiger partial charge in [-0.3, -0.25) is 9.59 Å². The van der Waals surface area contributed by atoms with Gasteiger partial charge < -0.3 is 30.4 Å². The Labute approximate surface area is 249 Å². The lowest BCUT2D eigenvalue weighted by Crippen LogP contribution is -2.52. The summed E-state index contributed by atoms with van der Waals surface area (Å²) in [7, 11) is 1.36. The zero-order valence-electron chi connectivity index (χ0n) is 23.5. The van der Waals surface area contributed by atoms with Crippen molar-refractivity contribution in [3.63, 3.8) is 0 Å². The number of amides is 2. The van der Waals surface area contributed by atoms with Gasteiger partial charge in [-0.1, -0.05) is 12.0 Å². The number of aromatic nitrogens is 1. The maximum absolute atomic E-state index is 14.6. The van der Waals surface area contributed by atoms with Crippen LogP contribution in [0.5, 0.6) is 17.2 Å². The maximum Gasteiger partial charge on any atom is 0.424 e. The Morgan fingerprint density at radius 1 is 1.16 bits per heavy atom. The van der Waals surface area contributed by atoms with Gasteiger partial charge in [0, 0.05) is 16.7 Å². The highest BCUT2D eigenvalue weighted by molar-refractivity contribution is 5.95. The SMILES string of the molecule is COc1cc(C(=O)NCC(O)(c2cc3c(c(C#Cc4cccc(F)c4)n2)OC[C@]3(C)C(N)=O)C(F)(F)F)ccc1OC1CC1. The summed E-state index contributed by atoms with van der Waals surface area (Å²) in [5.41, 5.74) is -1.01. The Bertz CT molecular complexity index is 1700. The number of aliphatic hydroxyl groups is 1. The summed E-state index contributed by atoms with van der Waals surface area (Å²) >= 11 is 0. The minimum atomic E-state index is -5.36. The van der Waals surface area contributed by atoms with Crippen molar-refractivity contribution in [3.8, 4) is 29.1 Å². The number of hydrogen-bond donors (Lipinski definition) is 3. The molecule has 1 saturated carbocycles. The lowest BCUT2D eigenvalue weighted by atomic mass is 9.82. The van der Waals surface area contributed by atoms with Crippen LogP contribution in [0.15, 0.2) is 48.5 Å². The Hall–Kier alpha value is -4.83. The number of nitrogens with two attached hydrogens (primary N) is 1. The molecule has 1 aliphatic heterocycles. The predicted octanol–water partition coefficient (Wildman–Crippen LogP) is 3.49. The normalized spacial score (nSPS) is 18.6. The van der Waals surface area contributed by atoms with Crippen molar-refractivity contribution in [3.05, 3.63) is 82.4 Å². The number of benzene rings is 2. The number of nitrogens with zero attached hydrogens (tertiary/aromatic N) is 1. The van der Waals surface area contributed by atoms with E-state index in [1.807, 2.05) is 0 Å². The lowest BCUT2D eigenvalue weighted by Gasteiger charge is -2.31. The number of primary amides is 1. The predicted molar refractivity (Wildman–Crippen MR) is 148 cm³/mol. The number of alkyl halides is 3. The average molecular weight is 614 g/mol. The van der Waals surface area contributed by atoms with Crippen LogP contribution in [0.3, 0.4) is 0 Å². The van der Waals surface area contributed by atoms with Crippen LogP contribution in [0.2, 0.25) is 0 Å². The molecular weight excluding hydrogens is 586 g/mol. The van der Waals surface area contributed by atoms with E-state index in [-0.39, 0.29) is 46.6 Å². The molecule has 4 N–H and O–H groups in total. The van der Waals surface area contributed by atoms with Crippen LogP contribution in [-0.4, -0.2) is 54.4 Å². The third-order valence-corrected chi connectivity index (χ3v) is 7.41. The summed E-state index contributed by atoms with van der Waals surface area (Å²) in [5, 5.41) is 13.3. The van der Waals surface area contributed by atoms with E-state index < -0.39 is 47.1 Å². The molecule has 1 aromatic heterocycles. The van der Waals surface area contributed by atoms with Gasteiger partial charge in [-0.25, -0.2) is 9.37 Å². The minimum absolute atomic E-state index is 0.0375. The Balaban J connectivity index is 1.52. The number of hydrogen-bond acceptors (Lipinski definition) is 7. The third kappa shape index (κ3) is 5.85. The largest absolute Gasteiger partial charge is 0.493 e. The molecule has 2 aromatic carbocycles. The zero-order chi connectivity index (χ0) is 31.9. The standard InChI is InChI=1S/C31H27F4N3O6/c1-29(28(36)40)16-43-26-21(29)14-25(38-22(26)10-6-17-4-3-5-19(32)12-17)30(41,31(33,34)35)15-37-27(39)18-7-11-23(24(13-18)42-2)44-20-8-9-20/h3-5,7,11-14,20,41H,8-9,15-16H2,1-2H3,(H2,36,40)(H,37,39)/t29-,30?/m0/s1. The smallest absolute Gasteiger partial charge is 0.424 e. The monoisotopic (exact) mass is 613 g/mol. The van der Waals surface area contributed by atoms with E-state index >= 15 is 0 Å². The molecule has 0 saturated heterocycles. The highest BCUT2D eigenvalue weighted by Crippen LogP contribution is 2.45. The number of methoxy groups -OCH3 is 1. The molecule has 13 heteroatoms. The first-order valence-electron chi connectivity index (χ1n) is 13.4. The van der Waals surface area contributed by atoms with E-state index in [2.05, 4.69) is 22.1 Å². The van der Waals surface area contributed by atoms with Crippen LogP contribution in [0.4, 0.5) is 17.6 Å². The van der Waals surface area contributed by atoms with Gasteiger partial charge in [-0.05, 0) is 68.2 Å². The fraction of sp³-hybridized carbons (Fsp3) is 0.323. The number of ether oxygens (including phenoxy) is 3. The molecule has 230 valence electrons. The fourth-order valence-electron chi connectivity index (χ4n) is 4.50. The van der Waals surface area contributed by atoms with E-state index in [0.717, 1.165) is 25.0 Å². The summed E-state index contributed by atoms with van der Waals surface area (Å²) in [6, 6.07) is 10.2. The lowest BCUT2D eigenvalue weighted by molar-refractivity contribution is -0.265. The Morgan fingerprint density at radius 2 is 1.91 bits per heavy atom. The van der Waals surface area contributed by atoms with Crippen LogP contribution in [-0.2, 0) is 15.8 Å². The molecule has 2 atom stereocenters. The van der Waals surface area contributed by atoms with Crippen molar-refractivity contribution >= 4 is 11.8 Å². The zero-order valence-corrected chi connectivity index (χ0v) is 23.5. The van der Waals surface area contributed by atoms with Gasteiger partial charge >= 0.3 is 6.18 Å². The maximum atomic E-state index is 14.6. The number of nitrogens with one attached hydrogen (secondary N) is 1. The van der Waals surface area contributed by atoms with Crippen LogP contribution >= 0.6 is 0 Å². The van der Waals surface area contributed by atoms with E-state index in [0.29, 0.717) is 5.75 Å². The quantitative estimate of drug-likeness (QED) is 0.262. The molecule has 1 fully saturated rings. The average Bonchev–Trinajstić information content (AvgIpc) is 3.73. The van der Waals surface area contributed by atoms with Gasteiger partial charge in [0.05, 0.1) is 25.5 Å². The van der Waals surface area contributed by atoms with E-state index in [1.54, 1.807) is 0 Å². The molecule has 2 heterocycles. The molecule has 9 nitrogen and oxygen atoms in total. The van der Waals surface area contributed by atoms with Crippen molar-refractivity contribution in [2.45, 2.75) is 43.1 Å². The van der Waals surface area contributed by atoms with Gasteiger partial charge in [0.1, 0.15) is 17.8 Å². The van der Waals surface area contributed by atoms with Crippen molar-refractivity contribution < 1.29 is 46.5 Å². The highest BCUT2D eigenvalue weighted by Gasteiger charge is 2.57. The number of carbonyl (C=O) groups excluding carboxylic acids is 2. The highest BCUT2D eigenvalue weighted by atomic mass is 19.4. The topological polar surface area (TPSA) is 133 Å². The van der Waals surface area contributed by atoms with Gasteiger partial charge in [-0.2, -0.15) is 13.2 Å². The fourth-order valence-corrected chi connectivity index (χ4v) is 4.50. The Kier molecular flexibility index (Phi) is 7.90. The van der Waals surface area contributed by atoms with Crippen molar-refractivity contribution in [2.24, 2.45) is 5.73 Å². The van der Waals surface area contributed by atoms with Crippen LogP contribution < -0.4 is 25.3 Å². The number of carbonyl (C=O) groups is 2. The van der Waals surface area contributed by atoms with Gasteiger partial charge in [-0.15, -0.1) is 0 Å². The minimum Gasteiger partial charge on any atom is -0.493 e. The van der Waals surface area contributed by atoms with Crippen molar-refractivity contribution in [2.75, 3.05) is 20.3 Å². The summed E-state index contributed by atoms with van der Waals surface area (Å²) < 4.78 is 74.0. The Morgan fingerprint density at radius 3 is 2.55 bits per heavy atom. The van der Waals surface area contributed by atoms with Crippen LogP contribution in [0.25, 0.3) is 0 Å². The molecule has 0 spiro atoms. The summed E-state index contributed by atoms with van der Waals surface area (Å²) in [5.74, 6) is 3.22. The van der Waals surface area contributed by atoms with Crippen LogP contribution in [0, 0.1) is 17.7 Å². The molecule has 5 rings (SSSR count). The van der Waals surface area contributed by atoms with Crippen molar-refractivity contribution in [1.29, 1.82) is 0 Å². The summed E-state index contributed by atoms with van der Waals surface area (Å²) in [6.07, 6.45) is -3.57. The molecule has 3 aromatic rings. The van der Waals surface area contributed by atoms with Gasteiger partial charge in [0.2, 0.25) is 11.5 Å². The second kappa shape index (κ2) is 11.3. The van der Waals surface area contributed by atoms with Gasteiger partial charge in [0.25, 0.3) is 5.91 Å². The first-order chi connectivity index (χ1) is 20.7. The number of fused-ring (bicyclic) bond motifs is 1. The first-order valence-corrected chi connectivity index (χ1v) is 13.4. The molecule has 0 radical (unpaired) electrons. The van der Waals surface area contributed by atoms with E-state index in [9.17, 15) is 32.3 Å². The molecule has 1 unspecified atom stereocenters. The van der Waals surface area contributed by atoms with Crippen LogP contribution in [0.1, 0.15) is 52.6 Å². The molecular formula is C31H27F4N3O6. The first kappa shape index (κ1) is 30.6. The molecule has 44 heavy (non-hydrogen) atoms. The van der Waals surface area contributed by atoms with Crippen molar-refractivity contribution in [1.82, 2.24) is 10.3 Å².